The number of anilines is 1. The number of benzene rings is 3. The van der Waals surface area contributed by atoms with Crippen molar-refractivity contribution in [2.75, 3.05) is 32.5 Å². The molecule has 7 nitrogen and oxygen atoms in total. The zero-order valence-electron chi connectivity index (χ0n) is 23.0. The fourth-order valence-electron chi connectivity index (χ4n) is 6.36. The maximum absolute atomic E-state index is 12.4. The number of nitrogens with two attached hydrogens (primary N) is 1. The fourth-order valence-corrected chi connectivity index (χ4v) is 6.36. The number of carbonyl (C=O) groups excluding carboxylic acids is 1. The van der Waals surface area contributed by atoms with Crippen molar-refractivity contribution in [1.82, 2.24) is 10.3 Å². The first kappa shape index (κ1) is 26.1. The number of pyridine rings is 1. The fraction of sp³-hybridized carbons (Fsp3) is 0.333. The molecule has 1 saturated heterocycles. The van der Waals surface area contributed by atoms with E-state index in [9.17, 15) is 4.79 Å². The van der Waals surface area contributed by atoms with Crippen LogP contribution in [0.15, 0.2) is 66.9 Å². The SMILES string of the molecule is CCOC(=O)Cc1ccc(OC)cc1OC1CC2(CCNCC2)c2ccc(-c3ccc4ccnc(N)c4c3)cc21. The molecule has 1 aliphatic heterocycles. The Morgan fingerprint density at radius 1 is 1.05 bits per heavy atom. The topological polar surface area (TPSA) is 95.7 Å². The molecule has 2 aliphatic rings. The summed E-state index contributed by atoms with van der Waals surface area (Å²) in [4.78, 5) is 16.7. The van der Waals surface area contributed by atoms with E-state index < -0.39 is 0 Å². The van der Waals surface area contributed by atoms with Gasteiger partial charge >= 0.3 is 5.97 Å². The molecule has 3 N–H and O–H groups in total. The third kappa shape index (κ3) is 4.86. The Labute approximate surface area is 234 Å². The second kappa shape index (κ2) is 10.8. The Kier molecular flexibility index (Phi) is 7.07. The van der Waals surface area contributed by atoms with Crippen LogP contribution in [0, 0.1) is 0 Å². The summed E-state index contributed by atoms with van der Waals surface area (Å²) < 4.78 is 17.6. The first-order chi connectivity index (χ1) is 19.5. The Bertz CT molecular complexity index is 1560. The lowest BCUT2D eigenvalue weighted by atomic mass is 9.74. The van der Waals surface area contributed by atoms with Gasteiger partial charge in [0, 0.05) is 28.6 Å². The van der Waals surface area contributed by atoms with Crippen LogP contribution >= 0.6 is 0 Å². The van der Waals surface area contributed by atoms with Gasteiger partial charge in [-0.3, -0.25) is 4.79 Å². The minimum absolute atomic E-state index is 0.0572. The lowest BCUT2D eigenvalue weighted by Gasteiger charge is -2.35. The third-order valence-corrected chi connectivity index (χ3v) is 8.42. The average Bonchev–Trinajstić information content (AvgIpc) is 3.25. The molecule has 0 saturated carbocycles. The average molecular weight is 538 g/mol. The molecule has 206 valence electrons. The molecule has 6 rings (SSSR count). The van der Waals surface area contributed by atoms with E-state index in [-0.39, 0.29) is 23.9 Å². The van der Waals surface area contributed by atoms with Crippen molar-refractivity contribution in [3.8, 4) is 22.6 Å². The summed E-state index contributed by atoms with van der Waals surface area (Å²) in [7, 11) is 1.64. The van der Waals surface area contributed by atoms with E-state index in [4.69, 9.17) is 19.9 Å². The number of nitrogen functional groups attached to an aromatic ring is 1. The van der Waals surface area contributed by atoms with Crippen LogP contribution in [0.25, 0.3) is 21.9 Å². The minimum atomic E-state index is -0.272. The van der Waals surface area contributed by atoms with Crippen LogP contribution in [-0.2, 0) is 21.4 Å². The number of rotatable bonds is 7. The van der Waals surface area contributed by atoms with Gasteiger partial charge < -0.3 is 25.3 Å². The number of nitrogens with zero attached hydrogens (tertiary/aromatic N) is 1. The highest BCUT2D eigenvalue weighted by atomic mass is 16.5. The van der Waals surface area contributed by atoms with Crippen LogP contribution in [-0.4, -0.2) is 37.8 Å². The van der Waals surface area contributed by atoms with Crippen molar-refractivity contribution in [3.05, 3.63) is 83.6 Å². The number of methoxy groups -OCH3 is 1. The molecule has 1 aliphatic carbocycles. The van der Waals surface area contributed by atoms with E-state index in [0.29, 0.717) is 23.9 Å². The van der Waals surface area contributed by atoms with E-state index in [1.165, 1.54) is 11.1 Å². The summed E-state index contributed by atoms with van der Waals surface area (Å²) in [6.07, 6.45) is 4.73. The highest BCUT2D eigenvalue weighted by Gasteiger charge is 2.45. The van der Waals surface area contributed by atoms with Gasteiger partial charge in [-0.1, -0.05) is 30.3 Å². The molecule has 1 fully saturated rings. The number of hydrogen-bond acceptors (Lipinski definition) is 7. The predicted octanol–water partition coefficient (Wildman–Crippen LogP) is 5.74. The molecule has 1 aromatic heterocycles. The van der Waals surface area contributed by atoms with Gasteiger partial charge in [0.25, 0.3) is 0 Å². The molecular weight excluding hydrogens is 502 g/mol. The van der Waals surface area contributed by atoms with E-state index in [1.54, 1.807) is 13.3 Å². The predicted molar refractivity (Wildman–Crippen MR) is 157 cm³/mol. The number of carbonyl (C=O) groups is 1. The Hall–Kier alpha value is -4.10. The summed E-state index contributed by atoms with van der Waals surface area (Å²) in [5, 5.41) is 5.54. The maximum atomic E-state index is 12.4. The van der Waals surface area contributed by atoms with Crippen LogP contribution in [0.5, 0.6) is 11.5 Å². The van der Waals surface area contributed by atoms with Crippen molar-refractivity contribution >= 4 is 22.6 Å². The molecule has 7 heteroatoms. The molecule has 2 heterocycles. The smallest absolute Gasteiger partial charge is 0.310 e. The van der Waals surface area contributed by atoms with Gasteiger partial charge in [-0.15, -0.1) is 0 Å². The first-order valence-corrected chi connectivity index (χ1v) is 14.0. The van der Waals surface area contributed by atoms with Gasteiger partial charge in [-0.2, -0.15) is 0 Å². The number of esters is 1. The van der Waals surface area contributed by atoms with E-state index in [2.05, 4.69) is 46.7 Å². The molecule has 1 atom stereocenters. The van der Waals surface area contributed by atoms with Crippen molar-refractivity contribution < 1.29 is 19.0 Å². The van der Waals surface area contributed by atoms with Gasteiger partial charge in [0.15, 0.2) is 0 Å². The third-order valence-electron chi connectivity index (χ3n) is 8.42. The van der Waals surface area contributed by atoms with Gasteiger partial charge in [0.2, 0.25) is 0 Å². The highest BCUT2D eigenvalue weighted by molar-refractivity contribution is 5.94. The second-order valence-electron chi connectivity index (χ2n) is 10.7. The molecular formula is C33H35N3O4. The summed E-state index contributed by atoms with van der Waals surface area (Å²) in [6, 6.07) is 20.7. The Balaban J connectivity index is 1.41. The number of fused-ring (bicyclic) bond motifs is 3. The Morgan fingerprint density at radius 3 is 2.65 bits per heavy atom. The van der Waals surface area contributed by atoms with Crippen molar-refractivity contribution in [2.45, 2.75) is 44.1 Å². The molecule has 1 unspecified atom stereocenters. The van der Waals surface area contributed by atoms with Crippen molar-refractivity contribution in [1.29, 1.82) is 0 Å². The summed E-state index contributed by atoms with van der Waals surface area (Å²) in [6.45, 7) is 4.13. The molecule has 4 aromatic rings. The standard InChI is InChI=1S/C33H35N3O4/c1-3-39-31(37)18-24-6-8-25(38-2)19-29(24)40-30-20-33(11-14-35-15-12-33)28-9-7-23(17-27(28)30)22-5-4-21-10-13-36-32(34)26(21)16-22/h4-10,13,16-17,19,30,35H,3,11-12,14-15,18,20H2,1-2H3,(H2,34,36). The lowest BCUT2D eigenvalue weighted by molar-refractivity contribution is -0.142. The second-order valence-corrected chi connectivity index (χ2v) is 10.7. The summed E-state index contributed by atoms with van der Waals surface area (Å²) in [5.41, 5.74) is 11.8. The van der Waals surface area contributed by atoms with Crippen molar-refractivity contribution in [2.24, 2.45) is 0 Å². The molecule has 0 radical (unpaired) electrons. The van der Waals surface area contributed by atoms with E-state index >= 15 is 0 Å². The van der Waals surface area contributed by atoms with Crippen LogP contribution in [0.4, 0.5) is 5.82 Å². The van der Waals surface area contributed by atoms with Crippen LogP contribution in [0.1, 0.15) is 49.0 Å². The van der Waals surface area contributed by atoms with Gasteiger partial charge in [0.1, 0.15) is 23.4 Å². The van der Waals surface area contributed by atoms with Gasteiger partial charge in [0.05, 0.1) is 20.1 Å². The Morgan fingerprint density at radius 2 is 1.85 bits per heavy atom. The van der Waals surface area contributed by atoms with Gasteiger partial charge in [-0.05, 0) is 91.2 Å². The summed E-state index contributed by atoms with van der Waals surface area (Å²) in [5.74, 6) is 1.60. The monoisotopic (exact) mass is 537 g/mol. The number of hydrogen-bond donors (Lipinski definition) is 2. The zero-order chi connectivity index (χ0) is 27.7. The van der Waals surface area contributed by atoms with E-state index in [0.717, 1.165) is 59.8 Å². The van der Waals surface area contributed by atoms with Crippen LogP contribution in [0.3, 0.4) is 0 Å². The van der Waals surface area contributed by atoms with Crippen LogP contribution in [0.2, 0.25) is 0 Å². The largest absolute Gasteiger partial charge is 0.497 e. The quantitative estimate of drug-likeness (QED) is 0.290. The molecule has 3 aromatic carbocycles. The summed E-state index contributed by atoms with van der Waals surface area (Å²) >= 11 is 0. The number of piperidine rings is 1. The molecule has 40 heavy (non-hydrogen) atoms. The molecule has 0 amide bonds. The number of nitrogens with one attached hydrogen (secondary N) is 1. The minimum Gasteiger partial charge on any atom is -0.497 e. The lowest BCUT2D eigenvalue weighted by Crippen LogP contribution is -2.38. The highest BCUT2D eigenvalue weighted by Crippen LogP contribution is 2.52. The maximum Gasteiger partial charge on any atom is 0.310 e. The van der Waals surface area contributed by atoms with Crippen molar-refractivity contribution in [3.63, 3.8) is 0 Å². The van der Waals surface area contributed by atoms with E-state index in [1.807, 2.05) is 31.2 Å². The molecule has 0 bridgehead atoms. The normalized spacial score (nSPS) is 17.5. The molecule has 1 spiro atoms. The number of aromatic nitrogens is 1. The number of ether oxygens (including phenoxy) is 3. The van der Waals surface area contributed by atoms with Gasteiger partial charge in [-0.25, -0.2) is 4.98 Å². The zero-order valence-corrected chi connectivity index (χ0v) is 23.0. The van der Waals surface area contributed by atoms with Crippen LogP contribution < -0.4 is 20.5 Å². The first-order valence-electron chi connectivity index (χ1n) is 14.0.